The van der Waals surface area contributed by atoms with Crippen molar-refractivity contribution in [3.8, 4) is 11.8 Å². The van der Waals surface area contributed by atoms with E-state index in [1.54, 1.807) is 11.5 Å². The lowest BCUT2D eigenvalue weighted by Crippen LogP contribution is -2.49. The predicted molar refractivity (Wildman–Crippen MR) is 145 cm³/mol. The van der Waals surface area contributed by atoms with Crippen LogP contribution < -0.4 is 4.90 Å². The molecule has 4 atom stereocenters. The number of hydrogen-bond acceptors (Lipinski definition) is 6. The molecule has 3 fully saturated rings. The van der Waals surface area contributed by atoms with Gasteiger partial charge in [-0.25, -0.2) is 0 Å². The van der Waals surface area contributed by atoms with E-state index in [9.17, 15) is 10.2 Å². The summed E-state index contributed by atoms with van der Waals surface area (Å²) in [7, 11) is 0. The monoisotopic (exact) mass is 506 g/mol. The molecule has 6 nitrogen and oxygen atoms in total. The van der Waals surface area contributed by atoms with E-state index in [0.29, 0.717) is 35.4 Å². The Kier molecular flexibility index (Phi) is 5.88. The van der Waals surface area contributed by atoms with Crippen molar-refractivity contribution in [3.63, 3.8) is 0 Å². The Balaban J connectivity index is 1.02. The zero-order valence-electron chi connectivity index (χ0n) is 21.1. The Bertz CT molecular complexity index is 1240. The van der Waals surface area contributed by atoms with Crippen LogP contribution in [0.3, 0.4) is 0 Å². The molecule has 3 aliphatic carbocycles. The number of rotatable bonds is 5. The van der Waals surface area contributed by atoms with Gasteiger partial charge in [-0.2, -0.15) is 4.37 Å². The van der Waals surface area contributed by atoms with Crippen LogP contribution in [-0.2, 0) is 13.0 Å². The molecular weight excluding hydrogens is 468 g/mol. The number of fused-ring (bicyclic) bond motifs is 5. The summed E-state index contributed by atoms with van der Waals surface area (Å²) in [6.07, 6.45) is 9.58. The molecule has 1 saturated heterocycles. The molecule has 36 heavy (non-hydrogen) atoms. The summed E-state index contributed by atoms with van der Waals surface area (Å²) < 4.78 is 7.93. The molecular formula is C29H38N4O2S. The second kappa shape index (κ2) is 9.25. The minimum absolute atomic E-state index is 0.368. The van der Waals surface area contributed by atoms with Crippen molar-refractivity contribution >= 4 is 27.4 Å². The fourth-order valence-corrected chi connectivity index (χ4v) is 8.65. The number of nitrogens with zero attached hydrogens (tertiary/aromatic N) is 4. The summed E-state index contributed by atoms with van der Waals surface area (Å²) in [6, 6.07) is 8.57. The summed E-state index contributed by atoms with van der Waals surface area (Å²) >= 11 is 1.61. The van der Waals surface area contributed by atoms with E-state index in [1.165, 1.54) is 55.0 Å². The van der Waals surface area contributed by atoms with Crippen molar-refractivity contribution in [2.75, 3.05) is 37.6 Å². The molecule has 2 saturated carbocycles. The summed E-state index contributed by atoms with van der Waals surface area (Å²) in [5, 5.41) is 23.6. The van der Waals surface area contributed by atoms with Crippen molar-refractivity contribution in [2.24, 2.45) is 17.8 Å². The highest BCUT2D eigenvalue weighted by molar-refractivity contribution is 7.13. The van der Waals surface area contributed by atoms with Crippen molar-refractivity contribution in [2.45, 2.75) is 63.8 Å². The maximum absolute atomic E-state index is 11.2. The van der Waals surface area contributed by atoms with Gasteiger partial charge in [0.2, 0.25) is 0 Å². The SMILES string of the molecule is Oc1c2c(c(O)n1CC1CCCCC1CN1CCN(c3nsc4ccccc34)CC1)C1CCC(C2)C1. The van der Waals surface area contributed by atoms with Gasteiger partial charge in [0.1, 0.15) is 5.82 Å². The normalized spacial score (nSPS) is 28.6. The maximum Gasteiger partial charge on any atom is 0.197 e. The van der Waals surface area contributed by atoms with Crippen LogP contribution in [-0.4, -0.2) is 56.8 Å². The van der Waals surface area contributed by atoms with Gasteiger partial charge in [-0.05, 0) is 85.9 Å². The molecule has 2 N–H and O–H groups in total. The van der Waals surface area contributed by atoms with Gasteiger partial charge in [0.05, 0.1) is 4.70 Å². The van der Waals surface area contributed by atoms with E-state index in [2.05, 4.69) is 34.1 Å². The lowest BCUT2D eigenvalue weighted by atomic mass is 9.78. The molecule has 192 valence electrons. The van der Waals surface area contributed by atoms with Crippen molar-refractivity contribution < 1.29 is 10.2 Å². The van der Waals surface area contributed by atoms with Gasteiger partial charge in [-0.3, -0.25) is 9.47 Å². The number of aromatic hydroxyl groups is 2. The van der Waals surface area contributed by atoms with E-state index < -0.39 is 0 Å². The standard InChI is InChI=1S/C29H38N4O2S/c34-28-24-16-19-9-10-20(15-19)26(24)29(35)33(28)18-22-6-2-1-5-21(22)17-31-11-13-32(14-12-31)27-23-7-3-4-8-25(23)36-30-27/h3-4,7-8,19-22,34-35H,1-2,5-6,9-18H2. The van der Waals surface area contributed by atoms with Gasteiger partial charge < -0.3 is 15.1 Å². The van der Waals surface area contributed by atoms with Gasteiger partial charge in [0.15, 0.2) is 11.8 Å². The van der Waals surface area contributed by atoms with Gasteiger partial charge in [-0.1, -0.05) is 25.0 Å². The van der Waals surface area contributed by atoms with Crippen LogP contribution in [0.25, 0.3) is 10.1 Å². The molecule has 1 aromatic carbocycles. The predicted octanol–water partition coefficient (Wildman–Crippen LogP) is 5.58. The molecule has 0 spiro atoms. The molecule has 7 rings (SSSR count). The Morgan fingerprint density at radius 3 is 2.50 bits per heavy atom. The number of piperazine rings is 1. The molecule has 1 aliphatic heterocycles. The third-order valence-electron chi connectivity index (χ3n) is 9.80. The summed E-state index contributed by atoms with van der Waals surface area (Å²) in [5.41, 5.74) is 2.14. The van der Waals surface area contributed by atoms with Crippen LogP contribution in [0.2, 0.25) is 0 Å². The molecule has 3 aromatic rings. The summed E-state index contributed by atoms with van der Waals surface area (Å²) in [4.78, 5) is 5.11. The zero-order valence-corrected chi connectivity index (χ0v) is 21.9. The Morgan fingerprint density at radius 2 is 1.67 bits per heavy atom. The molecule has 3 heterocycles. The number of aromatic nitrogens is 2. The minimum Gasteiger partial charge on any atom is -0.494 e. The second-order valence-electron chi connectivity index (χ2n) is 11.8. The van der Waals surface area contributed by atoms with Gasteiger partial charge in [0.25, 0.3) is 0 Å². The first-order valence-corrected chi connectivity index (χ1v) is 14.9. The van der Waals surface area contributed by atoms with E-state index in [1.807, 2.05) is 4.57 Å². The van der Waals surface area contributed by atoms with E-state index in [4.69, 9.17) is 4.37 Å². The maximum atomic E-state index is 11.2. The zero-order chi connectivity index (χ0) is 24.2. The van der Waals surface area contributed by atoms with Crippen molar-refractivity contribution in [1.82, 2.24) is 13.8 Å². The van der Waals surface area contributed by atoms with Gasteiger partial charge >= 0.3 is 0 Å². The molecule has 7 heteroatoms. The first kappa shape index (κ1) is 22.9. The number of anilines is 1. The van der Waals surface area contributed by atoms with Crippen LogP contribution in [0.15, 0.2) is 24.3 Å². The third kappa shape index (κ3) is 3.90. The quantitative estimate of drug-likeness (QED) is 0.473. The minimum atomic E-state index is 0.368. The van der Waals surface area contributed by atoms with Crippen LogP contribution >= 0.6 is 11.5 Å². The Hall–Kier alpha value is -2.25. The smallest absolute Gasteiger partial charge is 0.197 e. The lowest BCUT2D eigenvalue weighted by molar-refractivity contribution is 0.130. The molecule has 0 radical (unpaired) electrons. The van der Waals surface area contributed by atoms with Crippen LogP contribution in [0, 0.1) is 17.8 Å². The van der Waals surface area contributed by atoms with Crippen molar-refractivity contribution in [1.29, 1.82) is 0 Å². The Morgan fingerprint density at radius 1 is 0.889 bits per heavy atom. The largest absolute Gasteiger partial charge is 0.494 e. The second-order valence-corrected chi connectivity index (χ2v) is 12.6. The van der Waals surface area contributed by atoms with Crippen LogP contribution in [0.5, 0.6) is 11.8 Å². The molecule has 4 unspecified atom stereocenters. The average Bonchev–Trinajstić information content (AvgIpc) is 3.57. The highest BCUT2D eigenvalue weighted by atomic mass is 32.1. The Labute approximate surface area is 217 Å². The van der Waals surface area contributed by atoms with Crippen molar-refractivity contribution in [3.05, 3.63) is 35.4 Å². The lowest BCUT2D eigenvalue weighted by Gasteiger charge is -2.40. The van der Waals surface area contributed by atoms with Crippen LogP contribution in [0.4, 0.5) is 5.82 Å². The third-order valence-corrected chi connectivity index (χ3v) is 10.6. The fourth-order valence-electron chi connectivity index (χ4n) is 7.85. The van der Waals surface area contributed by atoms with E-state index >= 15 is 0 Å². The molecule has 2 bridgehead atoms. The average molecular weight is 507 g/mol. The fraction of sp³-hybridized carbons (Fsp3) is 0.621. The highest BCUT2D eigenvalue weighted by Crippen LogP contribution is 2.53. The van der Waals surface area contributed by atoms with Gasteiger partial charge in [0, 0.05) is 55.8 Å². The molecule has 0 amide bonds. The number of hydrogen-bond donors (Lipinski definition) is 2. The molecule has 4 aliphatic rings. The van der Waals surface area contributed by atoms with E-state index in [-0.39, 0.29) is 0 Å². The van der Waals surface area contributed by atoms with Gasteiger partial charge in [-0.15, -0.1) is 0 Å². The van der Waals surface area contributed by atoms with E-state index in [0.717, 1.165) is 62.6 Å². The highest BCUT2D eigenvalue weighted by Gasteiger charge is 2.40. The number of benzene rings is 1. The first-order chi connectivity index (χ1) is 17.7. The first-order valence-electron chi connectivity index (χ1n) is 14.1. The molecule has 2 aromatic heterocycles. The summed E-state index contributed by atoms with van der Waals surface area (Å²) in [5.74, 6) is 4.20. The topological polar surface area (TPSA) is 64.8 Å². The summed E-state index contributed by atoms with van der Waals surface area (Å²) in [6.45, 7) is 6.10. The van der Waals surface area contributed by atoms with Crippen LogP contribution in [0.1, 0.15) is 62.0 Å².